The Morgan fingerprint density at radius 2 is 2.12 bits per heavy atom. The fraction of sp³-hybridized carbons (Fsp3) is 0.400. The molecule has 0 fully saturated rings. The first-order valence-electron chi connectivity index (χ1n) is 5.13. The summed E-state index contributed by atoms with van der Waals surface area (Å²) in [5, 5.41) is 18.8. The van der Waals surface area contributed by atoms with Crippen molar-refractivity contribution in [3.8, 4) is 0 Å². The third-order valence-corrected chi connectivity index (χ3v) is 3.92. The van der Waals surface area contributed by atoms with Crippen molar-refractivity contribution in [2.75, 3.05) is 0 Å². The molecule has 1 N–H and O–H groups in total. The lowest BCUT2D eigenvalue weighted by Gasteiger charge is -2.06. The number of nitrogens with zero attached hydrogens (tertiary/aromatic N) is 4. The number of hydrogen-bond acceptors (Lipinski definition) is 3. The van der Waals surface area contributed by atoms with Crippen LogP contribution in [0.15, 0.2) is 17.0 Å². The Kier molecular flexibility index (Phi) is 3.88. The van der Waals surface area contributed by atoms with Crippen molar-refractivity contribution in [3.05, 3.63) is 31.8 Å². The van der Waals surface area contributed by atoms with Crippen molar-refractivity contribution in [1.29, 1.82) is 0 Å². The molecule has 92 valence electrons. The molecule has 0 aliphatic rings. The van der Waals surface area contributed by atoms with Gasteiger partial charge in [0.25, 0.3) is 0 Å². The maximum absolute atomic E-state index is 10.3. The summed E-state index contributed by atoms with van der Waals surface area (Å²) in [6, 6.07) is 0. The Morgan fingerprint density at radius 3 is 2.59 bits per heavy atom. The van der Waals surface area contributed by atoms with Crippen LogP contribution >= 0.6 is 38.5 Å². The summed E-state index contributed by atoms with van der Waals surface area (Å²) < 4.78 is 4.95. The van der Waals surface area contributed by atoms with E-state index >= 15 is 0 Å². The maximum Gasteiger partial charge on any atom is 0.134 e. The predicted molar refractivity (Wildman–Crippen MR) is 75.6 cm³/mol. The molecule has 0 aliphatic heterocycles. The fourth-order valence-corrected chi connectivity index (χ4v) is 2.89. The Morgan fingerprint density at radius 1 is 1.41 bits per heavy atom. The van der Waals surface area contributed by atoms with Gasteiger partial charge >= 0.3 is 0 Å². The zero-order chi connectivity index (χ0) is 12.6. The number of aliphatic hydroxyl groups is 1. The van der Waals surface area contributed by atoms with Gasteiger partial charge in [-0.05, 0) is 45.4 Å². The van der Waals surface area contributed by atoms with Gasteiger partial charge in [0.05, 0.1) is 0 Å². The molecule has 0 aromatic carbocycles. The van der Waals surface area contributed by atoms with Gasteiger partial charge in [-0.2, -0.15) is 10.2 Å². The average molecular weight is 411 g/mol. The van der Waals surface area contributed by atoms with Crippen LogP contribution in [-0.2, 0) is 13.6 Å². The minimum absolute atomic E-state index is 0.673. The highest BCUT2D eigenvalue weighted by Gasteiger charge is 2.21. The summed E-state index contributed by atoms with van der Waals surface area (Å²) in [5.41, 5.74) is 1.56. The van der Waals surface area contributed by atoms with Crippen molar-refractivity contribution >= 4 is 38.5 Å². The molecule has 5 nitrogen and oxygen atoms in total. The molecule has 0 saturated heterocycles. The molecular formula is C10H12BrIN4O. The summed E-state index contributed by atoms with van der Waals surface area (Å²) in [6.45, 7) is 2.78. The van der Waals surface area contributed by atoms with E-state index in [-0.39, 0.29) is 0 Å². The molecule has 0 amide bonds. The SMILES string of the molecule is CCn1cc(C(O)c2cn(C)nc2I)c(Br)n1. The van der Waals surface area contributed by atoms with Crippen LogP contribution in [0.3, 0.4) is 0 Å². The van der Waals surface area contributed by atoms with E-state index < -0.39 is 6.10 Å². The smallest absolute Gasteiger partial charge is 0.134 e. The predicted octanol–water partition coefficient (Wildman–Crippen LogP) is 2.09. The van der Waals surface area contributed by atoms with Crippen LogP contribution in [-0.4, -0.2) is 24.7 Å². The molecular weight excluding hydrogens is 399 g/mol. The van der Waals surface area contributed by atoms with E-state index in [1.54, 1.807) is 9.36 Å². The normalized spacial score (nSPS) is 13.0. The quantitative estimate of drug-likeness (QED) is 0.788. The highest BCUT2D eigenvalue weighted by atomic mass is 127. The zero-order valence-electron chi connectivity index (χ0n) is 9.43. The average Bonchev–Trinajstić information content (AvgIpc) is 2.81. The molecule has 0 spiro atoms. The van der Waals surface area contributed by atoms with E-state index in [1.165, 1.54) is 0 Å². The lowest BCUT2D eigenvalue weighted by atomic mass is 10.1. The standard InChI is InChI=1S/C10H12BrIN4O/c1-3-16-5-6(9(11)13-16)8(17)7-4-15(2)14-10(7)12/h4-5,8,17H,3H2,1-2H3. The van der Waals surface area contributed by atoms with Crippen LogP contribution < -0.4 is 0 Å². The Bertz CT molecular complexity index is 536. The van der Waals surface area contributed by atoms with Crippen LogP contribution in [0.25, 0.3) is 0 Å². The summed E-state index contributed by atoms with van der Waals surface area (Å²) in [6.07, 6.45) is 2.96. The maximum atomic E-state index is 10.3. The number of rotatable bonds is 3. The molecule has 0 saturated carbocycles. The number of aromatic nitrogens is 4. The first-order chi connectivity index (χ1) is 8.02. The topological polar surface area (TPSA) is 55.9 Å². The molecule has 7 heteroatoms. The summed E-state index contributed by atoms with van der Waals surface area (Å²) in [7, 11) is 1.84. The molecule has 2 heterocycles. The lowest BCUT2D eigenvalue weighted by molar-refractivity contribution is 0.218. The van der Waals surface area contributed by atoms with Gasteiger partial charge in [-0.3, -0.25) is 9.36 Å². The van der Waals surface area contributed by atoms with Gasteiger partial charge in [-0.1, -0.05) is 0 Å². The third-order valence-electron chi connectivity index (χ3n) is 2.47. The highest BCUT2D eigenvalue weighted by molar-refractivity contribution is 14.1. The summed E-state index contributed by atoms with van der Waals surface area (Å²) >= 11 is 5.48. The number of aliphatic hydroxyl groups excluding tert-OH is 1. The number of hydrogen-bond donors (Lipinski definition) is 1. The first-order valence-corrected chi connectivity index (χ1v) is 7.00. The van der Waals surface area contributed by atoms with Gasteiger partial charge in [0.1, 0.15) is 14.4 Å². The van der Waals surface area contributed by atoms with Crippen LogP contribution in [0, 0.1) is 3.70 Å². The second kappa shape index (κ2) is 5.07. The lowest BCUT2D eigenvalue weighted by Crippen LogP contribution is -2.00. The van der Waals surface area contributed by atoms with E-state index in [4.69, 9.17) is 0 Å². The van der Waals surface area contributed by atoms with E-state index in [0.717, 1.165) is 21.4 Å². The molecule has 1 atom stereocenters. The minimum atomic E-state index is -0.703. The second-order valence-corrected chi connectivity index (χ2v) is 5.46. The van der Waals surface area contributed by atoms with Crippen LogP contribution in [0.2, 0.25) is 0 Å². The van der Waals surface area contributed by atoms with E-state index in [2.05, 4.69) is 48.7 Å². The van der Waals surface area contributed by atoms with Crippen LogP contribution in [0.1, 0.15) is 24.2 Å². The van der Waals surface area contributed by atoms with Crippen molar-refractivity contribution in [1.82, 2.24) is 19.6 Å². The van der Waals surface area contributed by atoms with Crippen molar-refractivity contribution in [2.24, 2.45) is 7.05 Å². The first kappa shape index (κ1) is 13.0. The fourth-order valence-electron chi connectivity index (χ4n) is 1.59. The second-order valence-electron chi connectivity index (χ2n) is 3.68. The number of halogens is 2. The molecule has 0 aliphatic carbocycles. The molecule has 1 unspecified atom stereocenters. The third kappa shape index (κ3) is 2.55. The molecule has 0 bridgehead atoms. The van der Waals surface area contributed by atoms with E-state index in [9.17, 15) is 5.11 Å². The van der Waals surface area contributed by atoms with Gasteiger partial charge in [0.15, 0.2) is 0 Å². The van der Waals surface area contributed by atoms with Gasteiger partial charge < -0.3 is 5.11 Å². The van der Waals surface area contributed by atoms with Crippen LogP contribution in [0.4, 0.5) is 0 Å². The highest BCUT2D eigenvalue weighted by Crippen LogP contribution is 2.29. The van der Waals surface area contributed by atoms with E-state index in [0.29, 0.717) is 4.60 Å². The van der Waals surface area contributed by atoms with Gasteiger partial charge in [-0.25, -0.2) is 0 Å². The molecule has 17 heavy (non-hydrogen) atoms. The molecule has 2 aromatic rings. The monoisotopic (exact) mass is 410 g/mol. The van der Waals surface area contributed by atoms with Crippen molar-refractivity contribution in [3.63, 3.8) is 0 Å². The molecule has 2 rings (SSSR count). The Labute approximate surface area is 121 Å². The largest absolute Gasteiger partial charge is 0.383 e. The summed E-state index contributed by atoms with van der Waals surface area (Å²) in [4.78, 5) is 0. The van der Waals surface area contributed by atoms with Gasteiger partial charge in [-0.15, -0.1) is 0 Å². The van der Waals surface area contributed by atoms with Crippen molar-refractivity contribution < 1.29 is 5.11 Å². The Hall–Kier alpha value is -0.410. The molecule has 0 radical (unpaired) electrons. The van der Waals surface area contributed by atoms with Gasteiger partial charge in [0, 0.05) is 37.1 Å². The van der Waals surface area contributed by atoms with E-state index in [1.807, 2.05) is 26.4 Å². The summed E-state index contributed by atoms with van der Waals surface area (Å²) in [5.74, 6) is 0. The molecule has 2 aromatic heterocycles. The van der Waals surface area contributed by atoms with Crippen molar-refractivity contribution in [2.45, 2.75) is 19.6 Å². The Balaban J connectivity index is 2.39. The van der Waals surface area contributed by atoms with Crippen LogP contribution in [0.5, 0.6) is 0 Å². The van der Waals surface area contributed by atoms with Gasteiger partial charge in [0.2, 0.25) is 0 Å². The minimum Gasteiger partial charge on any atom is -0.383 e. The zero-order valence-corrected chi connectivity index (χ0v) is 13.2. The number of aryl methyl sites for hydroxylation is 2.